The van der Waals surface area contributed by atoms with Crippen molar-refractivity contribution in [1.82, 2.24) is 15.3 Å². The summed E-state index contributed by atoms with van der Waals surface area (Å²) >= 11 is 1.38. The summed E-state index contributed by atoms with van der Waals surface area (Å²) < 4.78 is 5.19. The van der Waals surface area contributed by atoms with E-state index in [0.717, 1.165) is 21.9 Å². The van der Waals surface area contributed by atoms with Gasteiger partial charge in [0.1, 0.15) is 22.2 Å². The van der Waals surface area contributed by atoms with E-state index >= 15 is 0 Å². The smallest absolute Gasteiger partial charge is 0.271 e. The van der Waals surface area contributed by atoms with Crippen molar-refractivity contribution < 1.29 is 20.0 Å². The lowest BCUT2D eigenvalue weighted by Crippen LogP contribution is -2.43. The fourth-order valence-corrected chi connectivity index (χ4v) is 4.19. The Labute approximate surface area is 195 Å². The van der Waals surface area contributed by atoms with Crippen LogP contribution in [-0.2, 0) is 0 Å². The van der Waals surface area contributed by atoms with Gasteiger partial charge in [-0.1, -0.05) is 18.2 Å². The monoisotopic (exact) mass is 459 g/mol. The van der Waals surface area contributed by atoms with Crippen LogP contribution in [0.5, 0.6) is 11.5 Å². The maximum absolute atomic E-state index is 13.1. The summed E-state index contributed by atoms with van der Waals surface area (Å²) in [7, 11) is 1.61. The highest BCUT2D eigenvalue weighted by Gasteiger charge is 2.24. The molecule has 2 heterocycles. The average Bonchev–Trinajstić information content (AvgIpc) is 3.35. The predicted molar refractivity (Wildman–Crippen MR) is 127 cm³/mol. The summed E-state index contributed by atoms with van der Waals surface area (Å²) in [6, 6.07) is 17.5. The molecule has 1 amide bonds. The van der Waals surface area contributed by atoms with Gasteiger partial charge < -0.3 is 15.2 Å². The highest BCUT2D eigenvalue weighted by molar-refractivity contribution is 7.13. The normalized spacial score (nSPS) is 11.5. The van der Waals surface area contributed by atoms with Gasteiger partial charge in [0.05, 0.1) is 25.1 Å². The molecule has 0 bridgehead atoms. The van der Waals surface area contributed by atoms with Gasteiger partial charge in [-0.3, -0.25) is 15.2 Å². The van der Waals surface area contributed by atoms with Gasteiger partial charge in [-0.25, -0.2) is 4.98 Å². The van der Waals surface area contributed by atoms with Crippen molar-refractivity contribution in [2.24, 2.45) is 0 Å². The van der Waals surface area contributed by atoms with Crippen molar-refractivity contribution in [2.45, 2.75) is 12.5 Å². The number of ether oxygens (including phenoxy) is 1. The van der Waals surface area contributed by atoms with E-state index in [1.165, 1.54) is 11.3 Å². The van der Waals surface area contributed by atoms with E-state index in [9.17, 15) is 9.90 Å². The van der Waals surface area contributed by atoms with Crippen LogP contribution in [-0.4, -0.2) is 33.8 Å². The first-order chi connectivity index (χ1) is 16.0. The number of thiazole rings is 1. The van der Waals surface area contributed by atoms with Crippen molar-refractivity contribution >= 4 is 23.0 Å². The molecule has 33 heavy (non-hydrogen) atoms. The lowest BCUT2D eigenvalue weighted by Gasteiger charge is -2.19. The molecule has 0 aliphatic rings. The number of nitrogens with zero attached hydrogens (tertiary/aromatic N) is 2. The van der Waals surface area contributed by atoms with E-state index in [1.54, 1.807) is 55.2 Å². The molecule has 0 aliphatic heterocycles. The second kappa shape index (κ2) is 10.1. The van der Waals surface area contributed by atoms with Crippen LogP contribution in [0.15, 0.2) is 78.4 Å². The number of phenols is 1. The Bertz CT molecular complexity index is 1260. The van der Waals surface area contributed by atoms with Crippen molar-refractivity contribution in [3.05, 3.63) is 95.3 Å². The number of carbonyl (C=O) groups is 1. The second-order valence-electron chi connectivity index (χ2n) is 7.32. The third-order valence-electron chi connectivity index (χ3n) is 5.15. The summed E-state index contributed by atoms with van der Waals surface area (Å²) in [5.74, 6) is 0.485. The van der Waals surface area contributed by atoms with Gasteiger partial charge in [0.15, 0.2) is 5.71 Å². The molecule has 0 spiro atoms. The van der Waals surface area contributed by atoms with Gasteiger partial charge in [-0.2, -0.15) is 0 Å². The Morgan fingerprint density at radius 1 is 1.15 bits per heavy atom. The van der Waals surface area contributed by atoms with Gasteiger partial charge in [-0.15, -0.1) is 11.3 Å². The molecule has 1 unspecified atom stereocenters. The molecule has 0 saturated carbocycles. The number of aromatic nitrogens is 2. The van der Waals surface area contributed by atoms with Crippen LogP contribution in [0.2, 0.25) is 0 Å². The van der Waals surface area contributed by atoms with Crippen LogP contribution in [0, 0.1) is 0 Å². The number of carbonyl (C=O) groups excluding carboxylic acids is 1. The second-order valence-corrected chi connectivity index (χ2v) is 8.18. The molecule has 0 fully saturated rings. The molecule has 2 aromatic carbocycles. The summed E-state index contributed by atoms with van der Waals surface area (Å²) in [5, 5.41) is 22.1. The Morgan fingerprint density at radius 3 is 2.64 bits per heavy atom. The topological polar surface area (TPSA) is 110 Å². The minimum Gasteiger partial charge on any atom is -0.508 e. The van der Waals surface area contributed by atoms with E-state index in [1.807, 2.05) is 30.3 Å². The van der Waals surface area contributed by atoms with E-state index in [0.29, 0.717) is 23.4 Å². The highest BCUT2D eigenvalue weighted by atomic mass is 32.1. The number of nitrogens with one attached hydrogen (secondary N) is 1. The van der Waals surface area contributed by atoms with Crippen molar-refractivity contribution in [2.75, 3.05) is 7.11 Å². The first-order valence-electron chi connectivity index (χ1n) is 10.3. The van der Waals surface area contributed by atoms with Crippen LogP contribution >= 0.6 is 11.3 Å². The number of amides is 1. The molecule has 8 heteroatoms. The first-order valence-corrected chi connectivity index (χ1v) is 11.1. The maximum Gasteiger partial charge on any atom is 0.271 e. The van der Waals surface area contributed by atoms with Gasteiger partial charge in [0.25, 0.3) is 5.91 Å². The molecular formula is C25H23N4O3S+. The van der Waals surface area contributed by atoms with Crippen LogP contribution in [0.4, 0.5) is 0 Å². The molecule has 0 saturated heterocycles. The van der Waals surface area contributed by atoms with E-state index in [4.69, 9.17) is 10.1 Å². The number of benzene rings is 2. The minimum absolute atomic E-state index is 0.0824. The van der Waals surface area contributed by atoms with Crippen LogP contribution in [0.1, 0.15) is 34.1 Å². The quantitative estimate of drug-likeness (QED) is 0.351. The standard InChI is InChI=1S/C25H22N4O3S/c1-32-18-10-8-16(9-11-18)25-29-22(15-33-25)24(31)28-21(19-6-2-3-7-23(19)30)13-20(26)17-5-4-12-27-14-17/h2-12,14-15,21,26,30H,13H2,1H3,(H,28,31)/p+1. The summed E-state index contributed by atoms with van der Waals surface area (Å²) in [5.41, 5.74) is 3.08. The molecule has 0 radical (unpaired) electrons. The van der Waals surface area contributed by atoms with Crippen molar-refractivity contribution in [3.63, 3.8) is 0 Å². The number of pyridine rings is 1. The third-order valence-corrected chi connectivity index (χ3v) is 6.04. The zero-order valence-corrected chi connectivity index (χ0v) is 18.8. The summed E-state index contributed by atoms with van der Waals surface area (Å²) in [6.45, 7) is 0. The Balaban J connectivity index is 1.55. The van der Waals surface area contributed by atoms with Crippen molar-refractivity contribution in [3.8, 4) is 22.1 Å². The number of aromatic hydroxyl groups is 1. The molecule has 1 atom stereocenters. The minimum atomic E-state index is -0.551. The molecule has 7 nitrogen and oxygen atoms in total. The number of nitrogens with two attached hydrogens (primary N) is 1. The maximum atomic E-state index is 13.1. The Kier molecular flexibility index (Phi) is 6.75. The Hall–Kier alpha value is -4.04. The van der Waals surface area contributed by atoms with Crippen LogP contribution in [0.3, 0.4) is 0 Å². The highest BCUT2D eigenvalue weighted by Crippen LogP contribution is 2.29. The molecule has 0 aliphatic carbocycles. The number of hydrogen-bond donors (Lipinski definition) is 3. The molecule has 4 rings (SSSR count). The van der Waals surface area contributed by atoms with Crippen molar-refractivity contribution in [1.29, 1.82) is 0 Å². The van der Waals surface area contributed by atoms with Gasteiger partial charge in [0, 0.05) is 28.9 Å². The molecule has 2 aromatic heterocycles. The largest absolute Gasteiger partial charge is 0.508 e. The fourth-order valence-electron chi connectivity index (χ4n) is 3.39. The summed E-state index contributed by atoms with van der Waals surface area (Å²) in [6.07, 6.45) is 3.63. The number of methoxy groups -OCH3 is 1. The molecule has 4 aromatic rings. The number of para-hydroxylation sites is 1. The van der Waals surface area contributed by atoms with E-state index in [-0.39, 0.29) is 11.7 Å². The number of hydrogen-bond acceptors (Lipinski definition) is 6. The lowest BCUT2D eigenvalue weighted by atomic mass is 9.97. The van der Waals surface area contributed by atoms with Gasteiger partial charge >= 0.3 is 0 Å². The van der Waals surface area contributed by atoms with E-state index < -0.39 is 6.04 Å². The number of rotatable bonds is 8. The SMILES string of the molecule is COc1ccc(-c2nc(C(=O)NC(CC(=[NH2+])c3cccnc3)c3ccccc3O)cs2)cc1. The fraction of sp³-hybridized carbons (Fsp3) is 0.120. The van der Waals surface area contributed by atoms with Gasteiger partial charge in [-0.05, 0) is 42.5 Å². The zero-order valence-electron chi connectivity index (χ0n) is 17.9. The Morgan fingerprint density at radius 2 is 1.94 bits per heavy atom. The first kappa shape index (κ1) is 22.2. The summed E-state index contributed by atoms with van der Waals surface area (Å²) in [4.78, 5) is 21.7. The third kappa shape index (κ3) is 5.24. The van der Waals surface area contributed by atoms with Crippen LogP contribution in [0.25, 0.3) is 10.6 Å². The lowest BCUT2D eigenvalue weighted by molar-refractivity contribution is -0.115. The molecular weight excluding hydrogens is 436 g/mol. The molecule has 166 valence electrons. The number of phenolic OH excluding ortho intramolecular Hbond substituents is 1. The average molecular weight is 460 g/mol. The predicted octanol–water partition coefficient (Wildman–Crippen LogP) is 3.03. The zero-order chi connectivity index (χ0) is 23.2. The van der Waals surface area contributed by atoms with E-state index in [2.05, 4.69) is 15.3 Å². The van der Waals surface area contributed by atoms with Crippen LogP contribution < -0.4 is 15.5 Å². The molecule has 4 N–H and O–H groups in total. The van der Waals surface area contributed by atoms with Gasteiger partial charge in [0.2, 0.25) is 0 Å².